The minimum absolute atomic E-state index is 0.0518. The van der Waals surface area contributed by atoms with Crippen LogP contribution >= 0.6 is 0 Å². The van der Waals surface area contributed by atoms with Crippen molar-refractivity contribution in [1.82, 2.24) is 0 Å². The number of rotatable bonds is 5. The highest BCUT2D eigenvalue weighted by atomic mass is 17.2. The molecule has 0 bridgehead atoms. The molecule has 0 amide bonds. The number of aliphatic hydroxyl groups is 1. The molecule has 0 aliphatic heterocycles. The van der Waals surface area contributed by atoms with Gasteiger partial charge < -0.3 is 5.11 Å². The Bertz CT molecular complexity index is 163. The zero-order valence-electron chi connectivity index (χ0n) is 8.66. The van der Waals surface area contributed by atoms with Gasteiger partial charge in [-0.25, -0.2) is 4.79 Å². The number of aliphatic hydroxyl groups excluding tert-OH is 1. The summed E-state index contributed by atoms with van der Waals surface area (Å²) >= 11 is 0. The number of hydrogen-bond donors (Lipinski definition) is 1. The standard InChI is InChI=1S/C9H18O4/c1-7(2)12-13-8(11)5-9(3,4)6-10/h7,10H,5-6H2,1-4H3. The van der Waals surface area contributed by atoms with Gasteiger partial charge in [0.1, 0.15) is 0 Å². The minimum atomic E-state index is -0.451. The molecule has 0 atom stereocenters. The van der Waals surface area contributed by atoms with E-state index in [9.17, 15) is 4.79 Å². The van der Waals surface area contributed by atoms with Gasteiger partial charge in [0.25, 0.3) is 0 Å². The van der Waals surface area contributed by atoms with E-state index < -0.39 is 11.4 Å². The van der Waals surface area contributed by atoms with E-state index in [1.54, 1.807) is 27.7 Å². The summed E-state index contributed by atoms with van der Waals surface area (Å²) in [6.45, 7) is 7.05. The molecule has 0 aliphatic carbocycles. The van der Waals surface area contributed by atoms with Gasteiger partial charge in [-0.2, -0.15) is 4.89 Å². The van der Waals surface area contributed by atoms with E-state index in [1.165, 1.54) is 0 Å². The Morgan fingerprint density at radius 2 is 2.00 bits per heavy atom. The van der Waals surface area contributed by atoms with Crippen molar-refractivity contribution in [2.45, 2.75) is 40.2 Å². The smallest absolute Gasteiger partial charge is 0.342 e. The molecular formula is C9H18O4. The van der Waals surface area contributed by atoms with E-state index in [4.69, 9.17) is 5.11 Å². The Morgan fingerprint density at radius 1 is 1.46 bits per heavy atom. The van der Waals surface area contributed by atoms with Crippen molar-refractivity contribution in [2.24, 2.45) is 5.41 Å². The monoisotopic (exact) mass is 190 g/mol. The van der Waals surface area contributed by atoms with Crippen LogP contribution in [0.5, 0.6) is 0 Å². The molecule has 4 nitrogen and oxygen atoms in total. The molecule has 0 rings (SSSR count). The fraction of sp³-hybridized carbons (Fsp3) is 0.889. The predicted molar refractivity (Wildman–Crippen MR) is 47.8 cm³/mol. The molecule has 0 spiro atoms. The third-order valence-corrected chi connectivity index (χ3v) is 1.38. The van der Waals surface area contributed by atoms with Crippen LogP contribution < -0.4 is 0 Å². The van der Waals surface area contributed by atoms with Gasteiger partial charge >= 0.3 is 5.97 Å². The van der Waals surface area contributed by atoms with E-state index >= 15 is 0 Å². The molecule has 0 radical (unpaired) electrons. The second-order valence-corrected chi connectivity index (χ2v) is 4.10. The quantitative estimate of drug-likeness (QED) is 0.524. The van der Waals surface area contributed by atoms with E-state index in [-0.39, 0.29) is 19.1 Å². The molecule has 0 fully saturated rings. The van der Waals surface area contributed by atoms with Crippen LogP contribution in [0, 0.1) is 5.41 Å². The van der Waals surface area contributed by atoms with Gasteiger partial charge in [0.05, 0.1) is 12.5 Å². The van der Waals surface area contributed by atoms with E-state index in [0.29, 0.717) is 0 Å². The first-order valence-electron chi connectivity index (χ1n) is 4.34. The van der Waals surface area contributed by atoms with Crippen molar-refractivity contribution < 1.29 is 19.7 Å². The molecule has 0 aromatic heterocycles. The Morgan fingerprint density at radius 3 is 2.38 bits per heavy atom. The predicted octanol–water partition coefficient (Wildman–Crippen LogP) is 1.28. The highest BCUT2D eigenvalue weighted by molar-refractivity contribution is 5.69. The Kier molecular flexibility index (Phi) is 4.95. The SMILES string of the molecule is CC(C)OOC(=O)CC(C)(C)CO. The van der Waals surface area contributed by atoms with Gasteiger partial charge in [0.2, 0.25) is 0 Å². The molecule has 13 heavy (non-hydrogen) atoms. The number of hydrogen-bond acceptors (Lipinski definition) is 4. The van der Waals surface area contributed by atoms with Gasteiger partial charge in [0.15, 0.2) is 0 Å². The first kappa shape index (κ1) is 12.4. The minimum Gasteiger partial charge on any atom is -0.396 e. The van der Waals surface area contributed by atoms with Gasteiger partial charge in [-0.1, -0.05) is 13.8 Å². The fourth-order valence-electron chi connectivity index (χ4n) is 0.626. The van der Waals surface area contributed by atoms with Crippen LogP contribution in [0.3, 0.4) is 0 Å². The summed E-state index contributed by atoms with van der Waals surface area (Å²) in [4.78, 5) is 20.2. The van der Waals surface area contributed by atoms with Gasteiger partial charge in [0, 0.05) is 6.61 Å². The van der Waals surface area contributed by atoms with Crippen molar-refractivity contribution in [3.05, 3.63) is 0 Å². The summed E-state index contributed by atoms with van der Waals surface area (Å²) in [7, 11) is 0. The van der Waals surface area contributed by atoms with Crippen molar-refractivity contribution in [1.29, 1.82) is 0 Å². The lowest BCUT2D eigenvalue weighted by molar-refractivity contribution is -0.292. The molecule has 0 aromatic rings. The Hall–Kier alpha value is -0.610. The molecule has 1 N–H and O–H groups in total. The molecule has 0 saturated carbocycles. The van der Waals surface area contributed by atoms with Crippen molar-refractivity contribution >= 4 is 5.97 Å². The van der Waals surface area contributed by atoms with Crippen molar-refractivity contribution in [3.8, 4) is 0 Å². The molecular weight excluding hydrogens is 172 g/mol. The maximum Gasteiger partial charge on any atom is 0.342 e. The van der Waals surface area contributed by atoms with E-state index in [0.717, 1.165) is 0 Å². The molecule has 78 valence electrons. The highest BCUT2D eigenvalue weighted by Crippen LogP contribution is 2.19. The van der Waals surface area contributed by atoms with Gasteiger partial charge in [-0.3, -0.25) is 4.89 Å². The number of carbonyl (C=O) groups excluding carboxylic acids is 1. The van der Waals surface area contributed by atoms with Crippen molar-refractivity contribution in [3.63, 3.8) is 0 Å². The Balaban J connectivity index is 3.74. The zero-order valence-corrected chi connectivity index (χ0v) is 8.66. The van der Waals surface area contributed by atoms with Gasteiger partial charge in [-0.05, 0) is 19.3 Å². The summed E-state index contributed by atoms with van der Waals surface area (Å²) in [5.41, 5.74) is -0.447. The average Bonchev–Trinajstić information content (AvgIpc) is 2.00. The van der Waals surface area contributed by atoms with Crippen LogP contribution in [-0.4, -0.2) is 23.8 Å². The second kappa shape index (κ2) is 5.19. The van der Waals surface area contributed by atoms with Crippen LogP contribution in [0.1, 0.15) is 34.1 Å². The van der Waals surface area contributed by atoms with Crippen LogP contribution in [0.15, 0.2) is 0 Å². The lowest BCUT2D eigenvalue weighted by Crippen LogP contribution is -2.23. The third kappa shape index (κ3) is 6.54. The third-order valence-electron chi connectivity index (χ3n) is 1.38. The van der Waals surface area contributed by atoms with Crippen LogP contribution in [0.4, 0.5) is 0 Å². The van der Waals surface area contributed by atoms with E-state index in [1.807, 2.05) is 0 Å². The molecule has 0 saturated heterocycles. The molecule has 0 aromatic carbocycles. The first-order valence-corrected chi connectivity index (χ1v) is 4.34. The zero-order chi connectivity index (χ0) is 10.5. The lowest BCUT2D eigenvalue weighted by atomic mass is 9.91. The fourth-order valence-corrected chi connectivity index (χ4v) is 0.626. The summed E-state index contributed by atoms with van der Waals surface area (Å²) in [5.74, 6) is -0.451. The maximum atomic E-state index is 11.1. The van der Waals surface area contributed by atoms with Crippen LogP contribution in [-0.2, 0) is 14.6 Å². The summed E-state index contributed by atoms with van der Waals surface area (Å²) < 4.78 is 0. The largest absolute Gasteiger partial charge is 0.396 e. The van der Waals surface area contributed by atoms with E-state index in [2.05, 4.69) is 9.78 Å². The summed E-state index contributed by atoms with van der Waals surface area (Å²) in [5, 5.41) is 8.87. The van der Waals surface area contributed by atoms with Crippen LogP contribution in [0.25, 0.3) is 0 Å². The number of carbonyl (C=O) groups is 1. The van der Waals surface area contributed by atoms with Crippen LogP contribution in [0.2, 0.25) is 0 Å². The van der Waals surface area contributed by atoms with Crippen molar-refractivity contribution in [2.75, 3.05) is 6.61 Å². The van der Waals surface area contributed by atoms with Gasteiger partial charge in [-0.15, -0.1) is 0 Å². The normalized spacial score (nSPS) is 11.8. The summed E-state index contributed by atoms with van der Waals surface area (Å²) in [6.07, 6.45) is 0.0112. The topological polar surface area (TPSA) is 55.8 Å². The second-order valence-electron chi connectivity index (χ2n) is 4.10. The molecule has 0 aliphatic rings. The molecule has 0 unspecified atom stereocenters. The lowest BCUT2D eigenvalue weighted by Gasteiger charge is -2.19. The molecule has 0 heterocycles. The Labute approximate surface area is 78.8 Å². The highest BCUT2D eigenvalue weighted by Gasteiger charge is 2.22. The molecule has 4 heteroatoms. The maximum absolute atomic E-state index is 11.1. The average molecular weight is 190 g/mol. The first-order chi connectivity index (χ1) is 5.87. The summed E-state index contributed by atoms with van der Waals surface area (Å²) in [6, 6.07) is 0.